The van der Waals surface area contributed by atoms with Crippen LogP contribution in [0.5, 0.6) is 0 Å². The summed E-state index contributed by atoms with van der Waals surface area (Å²) in [6.45, 7) is 6.93. The Morgan fingerprint density at radius 1 is 1.08 bits per heavy atom. The minimum atomic E-state index is 0. The fraction of sp³-hybridized carbons (Fsp3) is 0.500. The van der Waals surface area contributed by atoms with Gasteiger partial charge in [0.15, 0.2) is 0 Å². The average molecular weight is 181 g/mol. The van der Waals surface area contributed by atoms with Gasteiger partial charge in [-0.25, -0.2) is 0 Å². The van der Waals surface area contributed by atoms with Gasteiger partial charge in [0, 0.05) is 0 Å². The molecule has 1 nitrogen and oxygen atoms in total. The first-order valence-electron chi connectivity index (χ1n) is 4.50. The first kappa shape index (κ1) is 14.7. The molecule has 0 unspecified atom stereocenters. The molecule has 1 heteroatoms. The van der Waals surface area contributed by atoms with Crippen molar-refractivity contribution in [3.05, 3.63) is 35.4 Å². The van der Waals surface area contributed by atoms with Crippen LogP contribution in [-0.4, -0.2) is 6.54 Å². The predicted octanol–water partition coefficient (Wildman–Crippen LogP) is 3.16. The van der Waals surface area contributed by atoms with Crippen LogP contribution in [0.1, 0.15) is 32.4 Å². The Balaban J connectivity index is 0. The Bertz CT molecular complexity index is 189. The molecule has 0 saturated carbocycles. The van der Waals surface area contributed by atoms with Gasteiger partial charge in [-0.05, 0) is 25.5 Å². The van der Waals surface area contributed by atoms with Crippen molar-refractivity contribution in [1.82, 2.24) is 0 Å². The van der Waals surface area contributed by atoms with E-state index in [2.05, 4.69) is 38.1 Å². The van der Waals surface area contributed by atoms with E-state index in [0.29, 0.717) is 0 Å². The van der Waals surface area contributed by atoms with Gasteiger partial charge >= 0.3 is 0 Å². The topological polar surface area (TPSA) is 26.0 Å². The molecule has 0 bridgehead atoms. The Labute approximate surface area is 83.0 Å². The van der Waals surface area contributed by atoms with Crippen molar-refractivity contribution < 1.29 is 0 Å². The summed E-state index contributed by atoms with van der Waals surface area (Å²) in [5.41, 5.74) is 7.60. The summed E-state index contributed by atoms with van der Waals surface area (Å²) in [6, 6.07) is 8.66. The standard InChI is InChI=1S/C9H12.C2H7N.CH4/c1-3-9-6-4-8(2)5-7-9;1-2-3;/h4-7H,3H2,1-2H3;2-3H2,1H3;1H4. The van der Waals surface area contributed by atoms with Crippen molar-refractivity contribution >= 4 is 0 Å². The van der Waals surface area contributed by atoms with Gasteiger partial charge in [0.05, 0.1) is 0 Å². The molecule has 0 spiro atoms. The van der Waals surface area contributed by atoms with Crippen LogP contribution in [0.3, 0.4) is 0 Å². The summed E-state index contributed by atoms with van der Waals surface area (Å²) in [7, 11) is 0. The second-order valence-corrected chi connectivity index (χ2v) is 2.75. The number of benzene rings is 1. The molecule has 76 valence electrons. The van der Waals surface area contributed by atoms with Crippen molar-refractivity contribution in [1.29, 1.82) is 0 Å². The van der Waals surface area contributed by atoms with Gasteiger partial charge in [0.1, 0.15) is 0 Å². The van der Waals surface area contributed by atoms with Crippen molar-refractivity contribution in [3.63, 3.8) is 0 Å². The zero-order chi connectivity index (χ0) is 9.40. The molecule has 0 fully saturated rings. The number of aryl methyl sites for hydroxylation is 2. The van der Waals surface area contributed by atoms with Crippen LogP contribution < -0.4 is 5.73 Å². The molecule has 1 rings (SSSR count). The van der Waals surface area contributed by atoms with Crippen LogP contribution in [0, 0.1) is 6.92 Å². The van der Waals surface area contributed by atoms with Gasteiger partial charge < -0.3 is 5.73 Å². The number of hydrogen-bond donors (Lipinski definition) is 1. The maximum absolute atomic E-state index is 4.85. The van der Waals surface area contributed by atoms with Gasteiger partial charge in [-0.2, -0.15) is 0 Å². The fourth-order valence-electron chi connectivity index (χ4n) is 0.824. The first-order chi connectivity index (χ1) is 5.74. The van der Waals surface area contributed by atoms with Gasteiger partial charge in [-0.1, -0.05) is 51.1 Å². The average Bonchev–Trinajstić information content (AvgIpc) is 2.07. The summed E-state index contributed by atoms with van der Waals surface area (Å²) < 4.78 is 0. The highest BCUT2D eigenvalue weighted by molar-refractivity contribution is 5.20. The Morgan fingerprint density at radius 3 is 1.77 bits per heavy atom. The van der Waals surface area contributed by atoms with Crippen molar-refractivity contribution in [2.75, 3.05) is 6.54 Å². The first-order valence-corrected chi connectivity index (χ1v) is 4.50. The Morgan fingerprint density at radius 2 is 1.46 bits per heavy atom. The third kappa shape index (κ3) is 7.54. The highest BCUT2D eigenvalue weighted by Crippen LogP contribution is 2.02. The minimum absolute atomic E-state index is 0. The van der Waals surface area contributed by atoms with Crippen LogP contribution in [0.4, 0.5) is 0 Å². The lowest BCUT2D eigenvalue weighted by molar-refractivity contribution is 1.14. The zero-order valence-electron chi connectivity index (χ0n) is 8.30. The van der Waals surface area contributed by atoms with Crippen LogP contribution >= 0.6 is 0 Å². The van der Waals surface area contributed by atoms with E-state index in [0.717, 1.165) is 13.0 Å². The quantitative estimate of drug-likeness (QED) is 0.707. The van der Waals surface area contributed by atoms with Gasteiger partial charge in [-0.15, -0.1) is 0 Å². The van der Waals surface area contributed by atoms with Crippen LogP contribution in [0.2, 0.25) is 0 Å². The molecule has 1 aromatic rings. The summed E-state index contributed by atoms with van der Waals surface area (Å²) in [4.78, 5) is 0. The van der Waals surface area contributed by atoms with Gasteiger partial charge in [0.25, 0.3) is 0 Å². The van der Waals surface area contributed by atoms with Crippen LogP contribution in [0.25, 0.3) is 0 Å². The summed E-state index contributed by atoms with van der Waals surface area (Å²) in [5, 5.41) is 0. The molecule has 0 amide bonds. The maximum Gasteiger partial charge on any atom is -0.0106 e. The Hall–Kier alpha value is -0.820. The van der Waals surface area contributed by atoms with E-state index in [1.54, 1.807) is 0 Å². The zero-order valence-corrected chi connectivity index (χ0v) is 8.30. The van der Waals surface area contributed by atoms with Crippen LogP contribution in [0.15, 0.2) is 24.3 Å². The van der Waals surface area contributed by atoms with Crippen molar-refractivity contribution in [2.45, 2.75) is 34.6 Å². The molecule has 0 heterocycles. The highest BCUT2D eigenvalue weighted by Gasteiger charge is 1.84. The SMILES string of the molecule is C.CCN.CCc1ccc(C)cc1. The highest BCUT2D eigenvalue weighted by atomic mass is 14.5. The van der Waals surface area contributed by atoms with Crippen molar-refractivity contribution in [2.24, 2.45) is 5.73 Å². The number of nitrogens with two attached hydrogens (primary N) is 1. The van der Waals surface area contributed by atoms with E-state index in [4.69, 9.17) is 5.73 Å². The molecule has 0 atom stereocenters. The lowest BCUT2D eigenvalue weighted by Crippen LogP contribution is -1.87. The van der Waals surface area contributed by atoms with E-state index < -0.39 is 0 Å². The predicted molar refractivity (Wildman–Crippen MR) is 62.0 cm³/mol. The summed E-state index contributed by atoms with van der Waals surface area (Å²) in [5.74, 6) is 0. The van der Waals surface area contributed by atoms with Gasteiger partial charge in [-0.3, -0.25) is 0 Å². The minimum Gasteiger partial charge on any atom is -0.331 e. The fourth-order valence-corrected chi connectivity index (χ4v) is 0.824. The molecule has 1 aromatic carbocycles. The van der Waals surface area contributed by atoms with Crippen LogP contribution in [-0.2, 0) is 6.42 Å². The third-order valence-electron chi connectivity index (χ3n) is 1.53. The molecule has 0 aliphatic rings. The second-order valence-electron chi connectivity index (χ2n) is 2.75. The molecule has 0 saturated heterocycles. The molecule has 0 aliphatic heterocycles. The molecule has 0 aromatic heterocycles. The summed E-state index contributed by atoms with van der Waals surface area (Å²) in [6.07, 6.45) is 1.14. The second kappa shape index (κ2) is 9.27. The third-order valence-corrected chi connectivity index (χ3v) is 1.53. The van der Waals surface area contributed by atoms with E-state index in [9.17, 15) is 0 Å². The van der Waals surface area contributed by atoms with Gasteiger partial charge in [0.2, 0.25) is 0 Å². The van der Waals surface area contributed by atoms with E-state index >= 15 is 0 Å². The smallest absolute Gasteiger partial charge is 0.0106 e. The molecule has 13 heavy (non-hydrogen) atoms. The molecule has 2 N–H and O–H groups in total. The Kier molecular flexibility index (Phi) is 10.5. The lowest BCUT2D eigenvalue weighted by atomic mass is 10.1. The molecule has 0 aliphatic carbocycles. The normalized spacial score (nSPS) is 8.00. The molecular weight excluding hydrogens is 158 g/mol. The maximum atomic E-state index is 4.85. The molecule has 0 radical (unpaired) electrons. The summed E-state index contributed by atoms with van der Waals surface area (Å²) >= 11 is 0. The van der Waals surface area contributed by atoms with E-state index in [1.165, 1.54) is 11.1 Å². The number of hydrogen-bond acceptors (Lipinski definition) is 1. The lowest BCUT2D eigenvalue weighted by Gasteiger charge is -1.94. The van der Waals surface area contributed by atoms with E-state index in [1.807, 2.05) is 6.92 Å². The molecular formula is C12H23N. The number of rotatable bonds is 1. The monoisotopic (exact) mass is 181 g/mol. The van der Waals surface area contributed by atoms with E-state index in [-0.39, 0.29) is 7.43 Å². The van der Waals surface area contributed by atoms with Crippen molar-refractivity contribution in [3.8, 4) is 0 Å². The largest absolute Gasteiger partial charge is 0.331 e.